The summed E-state index contributed by atoms with van der Waals surface area (Å²) in [5, 5.41) is 3.25. The van der Waals surface area contributed by atoms with Gasteiger partial charge in [-0.25, -0.2) is 4.98 Å². The molecule has 0 aliphatic heterocycles. The number of carbonyl (C=O) groups is 1. The van der Waals surface area contributed by atoms with E-state index in [2.05, 4.69) is 10.3 Å². The Hall–Kier alpha value is -1.36. The summed E-state index contributed by atoms with van der Waals surface area (Å²) in [6.45, 7) is 5.04. The molecule has 1 atom stereocenters. The van der Waals surface area contributed by atoms with Crippen LogP contribution in [0.3, 0.4) is 0 Å². The SMILES string of the molecule is CCNC(CC(=O)OCC)c1cncn1C. The standard InChI is InChI=1S/C11H19N3O2/c1-4-13-9(6-11(15)16-5-2)10-7-12-8-14(10)3/h7-9,13H,4-6H2,1-3H3. The van der Waals surface area contributed by atoms with Gasteiger partial charge in [0.15, 0.2) is 0 Å². The molecule has 0 amide bonds. The molecule has 5 nitrogen and oxygen atoms in total. The Kier molecular flexibility index (Phi) is 4.98. The number of hydrogen-bond donors (Lipinski definition) is 1. The molecule has 1 heterocycles. The summed E-state index contributed by atoms with van der Waals surface area (Å²) in [5.74, 6) is -0.186. The molecule has 1 N–H and O–H groups in total. The van der Waals surface area contributed by atoms with Crippen molar-refractivity contribution in [2.45, 2.75) is 26.3 Å². The highest BCUT2D eigenvalue weighted by atomic mass is 16.5. The Morgan fingerprint density at radius 2 is 2.38 bits per heavy atom. The average molecular weight is 225 g/mol. The van der Waals surface area contributed by atoms with E-state index in [0.717, 1.165) is 12.2 Å². The molecule has 1 aromatic rings. The lowest BCUT2D eigenvalue weighted by Crippen LogP contribution is -2.26. The number of ether oxygens (including phenoxy) is 1. The van der Waals surface area contributed by atoms with Crippen LogP contribution in [0.4, 0.5) is 0 Å². The highest BCUT2D eigenvalue weighted by molar-refractivity contribution is 5.70. The van der Waals surface area contributed by atoms with Crippen LogP contribution in [0.2, 0.25) is 0 Å². The third kappa shape index (κ3) is 3.34. The number of hydrogen-bond acceptors (Lipinski definition) is 4. The molecule has 0 radical (unpaired) electrons. The van der Waals surface area contributed by atoms with Gasteiger partial charge in [-0.2, -0.15) is 0 Å². The van der Waals surface area contributed by atoms with Gasteiger partial charge in [0.2, 0.25) is 0 Å². The number of aromatic nitrogens is 2. The number of nitrogens with one attached hydrogen (secondary N) is 1. The predicted octanol–water partition coefficient (Wildman–Crippen LogP) is 1.02. The maximum atomic E-state index is 11.4. The number of carbonyl (C=O) groups excluding carboxylic acids is 1. The molecule has 0 spiro atoms. The van der Waals surface area contributed by atoms with Crippen molar-refractivity contribution in [2.24, 2.45) is 7.05 Å². The van der Waals surface area contributed by atoms with E-state index in [4.69, 9.17) is 4.74 Å². The minimum Gasteiger partial charge on any atom is -0.466 e. The highest BCUT2D eigenvalue weighted by Gasteiger charge is 2.18. The Labute approximate surface area is 95.8 Å². The summed E-state index contributed by atoms with van der Waals surface area (Å²) >= 11 is 0. The number of esters is 1. The van der Waals surface area contributed by atoms with Crippen LogP contribution < -0.4 is 5.32 Å². The van der Waals surface area contributed by atoms with Crippen LogP contribution in [0.15, 0.2) is 12.5 Å². The molecule has 0 bridgehead atoms. The van der Waals surface area contributed by atoms with Crippen molar-refractivity contribution in [3.05, 3.63) is 18.2 Å². The number of imidazole rings is 1. The molecule has 0 fully saturated rings. The van der Waals surface area contributed by atoms with Crippen molar-refractivity contribution in [2.75, 3.05) is 13.2 Å². The Bertz CT molecular complexity index is 336. The van der Waals surface area contributed by atoms with E-state index in [-0.39, 0.29) is 12.0 Å². The topological polar surface area (TPSA) is 56.1 Å². The van der Waals surface area contributed by atoms with Gasteiger partial charge in [-0.05, 0) is 13.5 Å². The van der Waals surface area contributed by atoms with Crippen molar-refractivity contribution in [1.29, 1.82) is 0 Å². The Morgan fingerprint density at radius 3 is 2.88 bits per heavy atom. The molecule has 90 valence electrons. The second kappa shape index (κ2) is 6.27. The summed E-state index contributed by atoms with van der Waals surface area (Å²) in [5.41, 5.74) is 0.995. The van der Waals surface area contributed by atoms with E-state index in [0.29, 0.717) is 13.0 Å². The fraction of sp³-hybridized carbons (Fsp3) is 0.636. The minimum atomic E-state index is -0.186. The summed E-state index contributed by atoms with van der Waals surface area (Å²) < 4.78 is 6.86. The first-order chi connectivity index (χ1) is 7.69. The first-order valence-electron chi connectivity index (χ1n) is 5.54. The zero-order chi connectivity index (χ0) is 12.0. The first-order valence-corrected chi connectivity index (χ1v) is 5.54. The molecule has 1 unspecified atom stereocenters. The summed E-state index contributed by atoms with van der Waals surface area (Å²) in [7, 11) is 1.91. The van der Waals surface area contributed by atoms with E-state index >= 15 is 0 Å². The fourth-order valence-corrected chi connectivity index (χ4v) is 1.62. The molecule has 5 heteroatoms. The van der Waals surface area contributed by atoms with Gasteiger partial charge in [-0.15, -0.1) is 0 Å². The molecule has 0 aromatic carbocycles. The lowest BCUT2D eigenvalue weighted by molar-refractivity contribution is -0.143. The van der Waals surface area contributed by atoms with Gasteiger partial charge in [-0.1, -0.05) is 6.92 Å². The molecular formula is C11H19N3O2. The van der Waals surface area contributed by atoms with Gasteiger partial charge in [0.05, 0.1) is 31.1 Å². The van der Waals surface area contributed by atoms with Crippen LogP contribution in [-0.2, 0) is 16.6 Å². The predicted molar refractivity (Wildman–Crippen MR) is 60.9 cm³/mol. The van der Waals surface area contributed by atoms with Crippen molar-refractivity contribution < 1.29 is 9.53 Å². The maximum Gasteiger partial charge on any atom is 0.307 e. The molecule has 0 saturated carbocycles. The largest absolute Gasteiger partial charge is 0.466 e. The molecular weight excluding hydrogens is 206 g/mol. The van der Waals surface area contributed by atoms with Crippen LogP contribution in [0.5, 0.6) is 0 Å². The second-order valence-electron chi connectivity index (χ2n) is 3.55. The van der Waals surface area contributed by atoms with Crippen molar-refractivity contribution >= 4 is 5.97 Å². The van der Waals surface area contributed by atoms with Crippen LogP contribution in [-0.4, -0.2) is 28.7 Å². The molecule has 1 rings (SSSR count). The zero-order valence-electron chi connectivity index (χ0n) is 10.1. The molecule has 0 aliphatic carbocycles. The summed E-state index contributed by atoms with van der Waals surface area (Å²) in [4.78, 5) is 15.5. The monoisotopic (exact) mass is 225 g/mol. The molecule has 16 heavy (non-hydrogen) atoms. The quantitative estimate of drug-likeness (QED) is 0.734. The molecule has 0 aliphatic rings. The van der Waals surface area contributed by atoms with Gasteiger partial charge in [0.25, 0.3) is 0 Å². The lowest BCUT2D eigenvalue weighted by Gasteiger charge is -2.17. The van der Waals surface area contributed by atoms with Gasteiger partial charge in [0.1, 0.15) is 0 Å². The smallest absolute Gasteiger partial charge is 0.307 e. The third-order valence-electron chi connectivity index (χ3n) is 2.34. The van der Waals surface area contributed by atoms with E-state index in [1.807, 2.05) is 25.5 Å². The van der Waals surface area contributed by atoms with Gasteiger partial charge >= 0.3 is 5.97 Å². The zero-order valence-corrected chi connectivity index (χ0v) is 10.1. The number of rotatable bonds is 6. The third-order valence-corrected chi connectivity index (χ3v) is 2.34. The first kappa shape index (κ1) is 12.7. The van der Waals surface area contributed by atoms with Crippen LogP contribution in [0.25, 0.3) is 0 Å². The van der Waals surface area contributed by atoms with Gasteiger partial charge in [-0.3, -0.25) is 4.79 Å². The van der Waals surface area contributed by atoms with Gasteiger partial charge < -0.3 is 14.6 Å². The van der Waals surface area contributed by atoms with E-state index in [1.54, 1.807) is 12.5 Å². The fourth-order valence-electron chi connectivity index (χ4n) is 1.62. The van der Waals surface area contributed by atoms with Crippen molar-refractivity contribution in [3.63, 3.8) is 0 Å². The molecule has 1 aromatic heterocycles. The minimum absolute atomic E-state index is 0.0310. The summed E-state index contributed by atoms with van der Waals surface area (Å²) in [6.07, 6.45) is 3.83. The van der Waals surface area contributed by atoms with Crippen LogP contribution in [0.1, 0.15) is 32.0 Å². The lowest BCUT2D eigenvalue weighted by atomic mass is 10.1. The van der Waals surface area contributed by atoms with Gasteiger partial charge in [0, 0.05) is 13.2 Å². The van der Waals surface area contributed by atoms with Crippen molar-refractivity contribution in [1.82, 2.24) is 14.9 Å². The summed E-state index contributed by atoms with van der Waals surface area (Å²) in [6, 6.07) is -0.0310. The van der Waals surface area contributed by atoms with Crippen molar-refractivity contribution in [3.8, 4) is 0 Å². The van der Waals surface area contributed by atoms with E-state index in [9.17, 15) is 4.79 Å². The van der Waals surface area contributed by atoms with E-state index < -0.39 is 0 Å². The molecule has 0 saturated heterocycles. The average Bonchev–Trinajstić information content (AvgIpc) is 2.64. The number of nitrogens with zero attached hydrogens (tertiary/aromatic N) is 2. The van der Waals surface area contributed by atoms with Crippen LogP contribution in [0, 0.1) is 0 Å². The van der Waals surface area contributed by atoms with Crippen LogP contribution >= 0.6 is 0 Å². The van der Waals surface area contributed by atoms with E-state index in [1.165, 1.54) is 0 Å². The maximum absolute atomic E-state index is 11.4. The Morgan fingerprint density at radius 1 is 1.62 bits per heavy atom. The normalized spacial score (nSPS) is 12.4. The Balaban J connectivity index is 2.68. The number of aryl methyl sites for hydroxylation is 1. The highest BCUT2D eigenvalue weighted by Crippen LogP contribution is 2.16. The second-order valence-corrected chi connectivity index (χ2v) is 3.55.